The van der Waals surface area contributed by atoms with E-state index in [1.54, 1.807) is 21.8 Å². The number of fused-ring (bicyclic) bond motifs is 4. The van der Waals surface area contributed by atoms with Gasteiger partial charge in [-0.3, -0.25) is 4.79 Å². The molecule has 0 aliphatic rings. The number of nitrogen functional groups attached to an aromatic ring is 2. The van der Waals surface area contributed by atoms with Crippen molar-refractivity contribution >= 4 is 93.2 Å². The van der Waals surface area contributed by atoms with Gasteiger partial charge in [0.25, 0.3) is 0 Å². The number of hydrogen-bond acceptors (Lipinski definition) is 7. The number of ketones is 1. The molecule has 0 spiro atoms. The molecule has 2 unspecified atom stereocenters. The summed E-state index contributed by atoms with van der Waals surface area (Å²) in [6, 6.07) is 27.4. The van der Waals surface area contributed by atoms with Gasteiger partial charge in [-0.2, -0.15) is 10.2 Å². The Hall–Kier alpha value is -6.45. The molecule has 15 heteroatoms. The zero-order valence-corrected chi connectivity index (χ0v) is 33.1. The van der Waals surface area contributed by atoms with E-state index in [1.807, 2.05) is 98.8 Å². The van der Waals surface area contributed by atoms with Crippen LogP contribution in [0.25, 0.3) is 55.2 Å². The highest BCUT2D eigenvalue weighted by Crippen LogP contribution is 2.42. The molecule has 276 valence electrons. The molecule has 13 nitrogen and oxygen atoms in total. The van der Waals surface area contributed by atoms with Crippen LogP contribution in [0.4, 0.5) is 11.6 Å². The Balaban J connectivity index is 1.16. The van der Waals surface area contributed by atoms with E-state index in [2.05, 4.69) is 61.8 Å². The third-order valence-electron chi connectivity index (χ3n) is 10.3. The maximum atomic E-state index is 15.8. The van der Waals surface area contributed by atoms with Crippen molar-refractivity contribution in [3.05, 3.63) is 140 Å². The molecule has 0 amide bonds. The Morgan fingerprint density at radius 3 is 1.48 bits per heavy atom. The fourth-order valence-electron chi connectivity index (χ4n) is 7.79. The first-order valence-corrected chi connectivity index (χ1v) is 19.4. The fraction of sp³-hybridized carbons (Fsp3) is 0.0976. The highest BCUT2D eigenvalue weighted by atomic mass is 79.9. The van der Waals surface area contributed by atoms with E-state index in [1.165, 1.54) is 0 Å². The minimum Gasteiger partial charge on any atom is -0.383 e. The van der Waals surface area contributed by atoms with Crippen molar-refractivity contribution in [2.75, 3.05) is 11.5 Å². The van der Waals surface area contributed by atoms with Gasteiger partial charge in [-0.25, -0.2) is 19.3 Å². The fourth-order valence-corrected chi connectivity index (χ4v) is 8.55. The van der Waals surface area contributed by atoms with Crippen LogP contribution in [0, 0.1) is 13.8 Å². The van der Waals surface area contributed by atoms with Gasteiger partial charge in [-0.1, -0.05) is 31.9 Å². The first-order valence-electron chi connectivity index (χ1n) is 17.8. The second-order valence-corrected chi connectivity index (χ2v) is 15.9. The molecule has 0 aliphatic carbocycles. The second-order valence-electron chi connectivity index (χ2n) is 14.0. The van der Waals surface area contributed by atoms with Gasteiger partial charge in [0.15, 0.2) is 5.78 Å². The molecule has 0 aliphatic heterocycles. The summed E-state index contributed by atoms with van der Waals surface area (Å²) in [6.07, 6.45) is 3.35. The standard InChI is InChI=1S/C41H32Br2N12O/c1-19-48-31-9-5-25(15-33(31)50-19)54-40(44)27(17-46-54)37(35-13-21-11-23(42)3-7-29(21)52-35)39(56)38(36-14-22-12-24(43)4-8-30(22)53-36)28-18-47-55(41(28)45)26-6-10-32-34(16-26)51-20(2)49-32/h3-18,37-38,52-53H,44-45H2,1-2H3,(H,48,50)(H,49,51). The largest absolute Gasteiger partial charge is 0.383 e. The molecule has 2 atom stereocenters. The number of nitrogens with zero attached hydrogens (tertiary/aromatic N) is 6. The number of aromatic amines is 4. The molecular weight excluding hydrogens is 836 g/mol. The summed E-state index contributed by atoms with van der Waals surface area (Å²) in [4.78, 5) is 38.5. The number of Topliss-reactive ketones (excluding diaryl/α,β-unsaturated/α-hetero) is 1. The Labute approximate surface area is 334 Å². The van der Waals surface area contributed by atoms with Crippen molar-refractivity contribution in [1.82, 2.24) is 49.5 Å². The van der Waals surface area contributed by atoms with Crippen molar-refractivity contribution < 1.29 is 4.79 Å². The molecule has 0 fully saturated rings. The highest BCUT2D eigenvalue weighted by Gasteiger charge is 2.38. The number of nitrogens with two attached hydrogens (primary N) is 2. The Bertz CT molecular complexity index is 2970. The number of H-pyrrole nitrogens is 4. The first kappa shape index (κ1) is 34.1. The Kier molecular flexibility index (Phi) is 7.80. The van der Waals surface area contributed by atoms with Crippen molar-refractivity contribution in [3.63, 3.8) is 0 Å². The summed E-state index contributed by atoms with van der Waals surface area (Å²) in [5.41, 5.74) is 23.0. The third kappa shape index (κ3) is 5.61. The predicted octanol–water partition coefficient (Wildman–Crippen LogP) is 8.61. The molecule has 10 rings (SSSR count). The zero-order chi connectivity index (χ0) is 38.4. The lowest BCUT2D eigenvalue weighted by atomic mass is 9.81. The van der Waals surface area contributed by atoms with E-state index in [9.17, 15) is 0 Å². The Morgan fingerprint density at radius 1 is 0.589 bits per heavy atom. The van der Waals surface area contributed by atoms with Gasteiger partial charge in [-0.05, 0) is 98.8 Å². The molecule has 4 aromatic carbocycles. The number of aryl methyl sites for hydroxylation is 2. The number of imidazole rings is 2. The predicted molar refractivity (Wildman–Crippen MR) is 225 cm³/mol. The van der Waals surface area contributed by atoms with Crippen LogP contribution < -0.4 is 11.5 Å². The van der Waals surface area contributed by atoms with Crippen LogP contribution in [0.15, 0.2) is 106 Å². The third-order valence-corrected chi connectivity index (χ3v) is 11.3. The number of benzene rings is 4. The molecular formula is C41H32Br2N12O. The summed E-state index contributed by atoms with van der Waals surface area (Å²) >= 11 is 7.21. The van der Waals surface area contributed by atoms with Crippen molar-refractivity contribution in [1.29, 1.82) is 0 Å². The highest BCUT2D eigenvalue weighted by molar-refractivity contribution is 9.10. The number of halogens is 2. The number of hydrogen-bond donors (Lipinski definition) is 6. The summed E-state index contributed by atoms with van der Waals surface area (Å²) in [5, 5.41) is 11.4. The lowest BCUT2D eigenvalue weighted by molar-refractivity contribution is -0.120. The average molecular weight is 869 g/mol. The van der Waals surface area contributed by atoms with E-state index in [-0.39, 0.29) is 5.78 Å². The minimum atomic E-state index is -0.900. The van der Waals surface area contributed by atoms with Crippen LogP contribution >= 0.6 is 31.9 Å². The van der Waals surface area contributed by atoms with Crippen molar-refractivity contribution in [3.8, 4) is 11.4 Å². The zero-order valence-electron chi connectivity index (χ0n) is 29.9. The SMILES string of the molecule is Cc1nc2ccc(-n3ncc(C(C(=O)C(c4cc5cc(Br)ccc5[nH]4)c4cnn(-c5ccc6nc(C)[nH]c6c5)c4N)c4cc5cc(Br)ccc5[nH]4)c3N)cc2[nH]1. The average Bonchev–Trinajstić information content (AvgIpc) is 4.02. The number of carbonyl (C=O) groups is 1. The number of anilines is 2. The van der Waals surface area contributed by atoms with E-state index in [0.717, 1.165) is 75.8 Å². The van der Waals surface area contributed by atoms with Crippen molar-refractivity contribution in [2.24, 2.45) is 0 Å². The lowest BCUT2D eigenvalue weighted by Gasteiger charge is -2.22. The van der Waals surface area contributed by atoms with Crippen LogP contribution in [0.1, 0.15) is 46.0 Å². The molecule has 0 saturated heterocycles. The number of rotatable bonds is 8. The maximum absolute atomic E-state index is 15.8. The van der Waals surface area contributed by atoms with Crippen LogP contribution in [-0.2, 0) is 4.79 Å². The van der Waals surface area contributed by atoms with Crippen LogP contribution in [0.2, 0.25) is 0 Å². The smallest absolute Gasteiger partial charge is 0.159 e. The van der Waals surface area contributed by atoms with Gasteiger partial charge in [0.1, 0.15) is 23.3 Å². The van der Waals surface area contributed by atoms with Crippen molar-refractivity contribution in [2.45, 2.75) is 25.7 Å². The normalized spacial score (nSPS) is 13.1. The summed E-state index contributed by atoms with van der Waals surface area (Å²) in [7, 11) is 0. The molecule has 0 radical (unpaired) electrons. The molecule has 0 bridgehead atoms. The van der Waals surface area contributed by atoms with Gasteiger partial charge in [0.2, 0.25) is 0 Å². The molecule has 0 saturated carbocycles. The van der Waals surface area contributed by atoms with Crippen LogP contribution in [0.3, 0.4) is 0 Å². The molecule has 6 aromatic heterocycles. The monoisotopic (exact) mass is 866 g/mol. The number of nitrogens with one attached hydrogen (secondary N) is 4. The van der Waals surface area contributed by atoms with E-state index in [0.29, 0.717) is 34.2 Å². The maximum Gasteiger partial charge on any atom is 0.159 e. The van der Waals surface area contributed by atoms with Gasteiger partial charge in [-0.15, -0.1) is 0 Å². The lowest BCUT2D eigenvalue weighted by Crippen LogP contribution is -2.24. The summed E-state index contributed by atoms with van der Waals surface area (Å²) < 4.78 is 5.14. The number of carbonyl (C=O) groups excluding carboxylic acids is 1. The number of aromatic nitrogens is 10. The minimum absolute atomic E-state index is 0.182. The summed E-state index contributed by atoms with van der Waals surface area (Å²) in [5.74, 6) is 0.272. The topological polar surface area (TPSA) is 194 Å². The molecule has 10 aromatic rings. The van der Waals surface area contributed by atoms with E-state index < -0.39 is 11.8 Å². The Morgan fingerprint density at radius 2 is 1.04 bits per heavy atom. The molecule has 56 heavy (non-hydrogen) atoms. The first-order chi connectivity index (χ1) is 27.1. The van der Waals surface area contributed by atoms with E-state index in [4.69, 9.17) is 21.7 Å². The van der Waals surface area contributed by atoms with Crippen LogP contribution in [0.5, 0.6) is 0 Å². The second kappa shape index (κ2) is 12.8. The van der Waals surface area contributed by atoms with Gasteiger partial charge in [0, 0.05) is 53.3 Å². The van der Waals surface area contributed by atoms with E-state index >= 15 is 4.79 Å². The molecule has 8 N–H and O–H groups in total. The van der Waals surface area contributed by atoms with Gasteiger partial charge < -0.3 is 31.4 Å². The van der Waals surface area contributed by atoms with Gasteiger partial charge in [0.05, 0.1) is 57.7 Å². The van der Waals surface area contributed by atoms with Crippen LogP contribution in [-0.4, -0.2) is 55.2 Å². The quantitative estimate of drug-likeness (QED) is 0.0880. The van der Waals surface area contributed by atoms with Gasteiger partial charge >= 0.3 is 0 Å². The molecule has 6 heterocycles. The summed E-state index contributed by atoms with van der Waals surface area (Å²) in [6.45, 7) is 3.82.